The first kappa shape index (κ1) is 21.1. The maximum absolute atomic E-state index is 14.9. The fourth-order valence-electron chi connectivity index (χ4n) is 4.16. The van der Waals surface area contributed by atoms with Gasteiger partial charge in [-0.1, -0.05) is 0 Å². The molecule has 2 amide bonds. The number of hydrogen-bond acceptors (Lipinski definition) is 5. The zero-order chi connectivity index (χ0) is 22.0. The number of nitrogens with zero attached hydrogens (tertiary/aromatic N) is 2. The highest BCUT2D eigenvalue weighted by molar-refractivity contribution is 6.08. The molecule has 2 heterocycles. The Morgan fingerprint density at radius 3 is 2.74 bits per heavy atom. The predicted molar refractivity (Wildman–Crippen MR) is 117 cm³/mol. The highest BCUT2D eigenvalue weighted by atomic mass is 19.1. The average Bonchev–Trinajstić information content (AvgIpc) is 3.26. The van der Waals surface area contributed by atoms with Crippen molar-refractivity contribution in [2.45, 2.75) is 18.9 Å². The van der Waals surface area contributed by atoms with Gasteiger partial charge in [-0.25, -0.2) is 4.39 Å². The van der Waals surface area contributed by atoms with Gasteiger partial charge in [0.25, 0.3) is 11.8 Å². The van der Waals surface area contributed by atoms with Crippen molar-refractivity contribution < 1.29 is 18.7 Å². The van der Waals surface area contributed by atoms with Gasteiger partial charge in [-0.3, -0.25) is 9.59 Å². The van der Waals surface area contributed by atoms with Crippen molar-refractivity contribution in [3.8, 4) is 5.75 Å². The van der Waals surface area contributed by atoms with Crippen molar-refractivity contribution in [1.82, 2.24) is 10.6 Å². The van der Waals surface area contributed by atoms with E-state index in [4.69, 9.17) is 4.74 Å². The van der Waals surface area contributed by atoms with Gasteiger partial charge in [0, 0.05) is 44.0 Å². The highest BCUT2D eigenvalue weighted by Gasteiger charge is 2.28. The maximum atomic E-state index is 14.9. The fourth-order valence-corrected chi connectivity index (χ4v) is 4.16. The fraction of sp³-hybridized carbons (Fsp3) is 0.391. The molecule has 0 bridgehead atoms. The number of benzene rings is 2. The normalized spacial score (nSPS) is 18.2. The van der Waals surface area contributed by atoms with Gasteiger partial charge in [-0.05, 0) is 61.9 Å². The van der Waals surface area contributed by atoms with Crippen LogP contribution >= 0.6 is 0 Å². The Hall–Kier alpha value is -3.13. The Morgan fingerprint density at radius 2 is 2.03 bits per heavy atom. The number of carbonyl (C=O) groups excluding carboxylic acids is 2. The Bertz CT molecular complexity index is 997. The lowest BCUT2D eigenvalue weighted by Crippen LogP contribution is -2.37. The lowest BCUT2D eigenvalue weighted by Gasteiger charge is -2.29. The molecular weight excluding hydrogens is 399 g/mol. The lowest BCUT2D eigenvalue weighted by atomic mass is 9.98. The molecule has 164 valence electrons. The molecule has 2 aliphatic heterocycles. The monoisotopic (exact) mass is 426 g/mol. The first-order valence-electron chi connectivity index (χ1n) is 10.5. The summed E-state index contributed by atoms with van der Waals surface area (Å²) < 4.78 is 20.4. The van der Waals surface area contributed by atoms with Crippen LogP contribution in [0.15, 0.2) is 36.4 Å². The number of rotatable bonds is 6. The largest absolute Gasteiger partial charge is 0.484 e. The number of amides is 2. The van der Waals surface area contributed by atoms with Crippen molar-refractivity contribution in [2.75, 3.05) is 50.1 Å². The van der Waals surface area contributed by atoms with E-state index in [2.05, 4.69) is 10.6 Å². The minimum Gasteiger partial charge on any atom is -0.484 e. The predicted octanol–water partition coefficient (Wildman–Crippen LogP) is 1.95. The van der Waals surface area contributed by atoms with E-state index in [0.717, 1.165) is 25.1 Å². The van der Waals surface area contributed by atoms with E-state index in [-0.39, 0.29) is 24.2 Å². The summed E-state index contributed by atoms with van der Waals surface area (Å²) in [6.45, 7) is 1.96. The minimum atomic E-state index is -0.314. The number of ether oxygens (including phenoxy) is 1. The van der Waals surface area contributed by atoms with Crippen LogP contribution in [-0.2, 0) is 11.2 Å². The maximum Gasteiger partial charge on any atom is 0.258 e. The zero-order valence-corrected chi connectivity index (χ0v) is 17.8. The second-order valence-corrected chi connectivity index (χ2v) is 7.84. The van der Waals surface area contributed by atoms with Crippen molar-refractivity contribution >= 4 is 23.2 Å². The molecule has 8 heteroatoms. The number of anilines is 2. The van der Waals surface area contributed by atoms with Crippen LogP contribution in [0.25, 0.3) is 0 Å². The molecule has 1 fully saturated rings. The van der Waals surface area contributed by atoms with Crippen LogP contribution in [0.4, 0.5) is 15.8 Å². The molecule has 0 aromatic heterocycles. The number of hydrogen-bond donors (Lipinski definition) is 2. The van der Waals surface area contributed by atoms with Crippen LogP contribution in [0.5, 0.6) is 5.75 Å². The van der Waals surface area contributed by atoms with Gasteiger partial charge in [-0.2, -0.15) is 0 Å². The Morgan fingerprint density at radius 1 is 1.19 bits per heavy atom. The molecule has 0 aliphatic carbocycles. The lowest BCUT2D eigenvalue weighted by molar-refractivity contribution is -0.122. The van der Waals surface area contributed by atoms with Crippen molar-refractivity contribution in [3.05, 3.63) is 53.3 Å². The van der Waals surface area contributed by atoms with E-state index in [1.807, 2.05) is 18.0 Å². The van der Waals surface area contributed by atoms with E-state index in [0.29, 0.717) is 41.7 Å². The third-order valence-electron chi connectivity index (χ3n) is 5.99. The summed E-state index contributed by atoms with van der Waals surface area (Å²) in [5.74, 6) is -0.154. The summed E-state index contributed by atoms with van der Waals surface area (Å²) in [5.41, 5.74) is 2.56. The highest BCUT2D eigenvalue weighted by Crippen LogP contribution is 2.31. The first-order valence-corrected chi connectivity index (χ1v) is 10.5. The van der Waals surface area contributed by atoms with Gasteiger partial charge in [-0.15, -0.1) is 0 Å². The quantitative estimate of drug-likeness (QED) is 0.739. The zero-order valence-electron chi connectivity index (χ0n) is 17.8. The van der Waals surface area contributed by atoms with Gasteiger partial charge >= 0.3 is 0 Å². The smallest absolute Gasteiger partial charge is 0.258 e. The van der Waals surface area contributed by atoms with Crippen molar-refractivity contribution in [2.24, 2.45) is 0 Å². The molecular formula is C23H27FN4O3. The van der Waals surface area contributed by atoms with Crippen LogP contribution in [0.3, 0.4) is 0 Å². The summed E-state index contributed by atoms with van der Waals surface area (Å²) >= 11 is 0. The summed E-state index contributed by atoms with van der Waals surface area (Å²) in [7, 11) is 3.47. The van der Waals surface area contributed by atoms with Gasteiger partial charge < -0.3 is 25.2 Å². The molecule has 1 atom stereocenters. The van der Waals surface area contributed by atoms with Gasteiger partial charge in [0.2, 0.25) is 0 Å². The van der Waals surface area contributed by atoms with E-state index in [9.17, 15) is 14.0 Å². The molecule has 2 aromatic rings. The van der Waals surface area contributed by atoms with Crippen LogP contribution in [0.2, 0.25) is 0 Å². The number of nitrogens with one attached hydrogen (secondary N) is 2. The Balaban J connectivity index is 1.49. The van der Waals surface area contributed by atoms with Gasteiger partial charge in [0.15, 0.2) is 6.61 Å². The summed E-state index contributed by atoms with van der Waals surface area (Å²) in [6.07, 6.45) is 1.60. The molecule has 4 rings (SSSR count). The summed E-state index contributed by atoms with van der Waals surface area (Å²) in [4.78, 5) is 28.1. The molecule has 1 unspecified atom stereocenters. The Kier molecular flexibility index (Phi) is 6.08. The van der Waals surface area contributed by atoms with Crippen LogP contribution in [0.1, 0.15) is 22.3 Å². The van der Waals surface area contributed by atoms with Gasteiger partial charge in [0.1, 0.15) is 11.6 Å². The number of carbonyl (C=O) groups is 2. The average molecular weight is 426 g/mol. The van der Waals surface area contributed by atoms with Crippen molar-refractivity contribution in [3.63, 3.8) is 0 Å². The molecule has 2 aromatic carbocycles. The number of halogens is 1. The van der Waals surface area contributed by atoms with Gasteiger partial charge in [0.05, 0.1) is 5.69 Å². The third-order valence-corrected chi connectivity index (χ3v) is 5.99. The van der Waals surface area contributed by atoms with E-state index >= 15 is 0 Å². The summed E-state index contributed by atoms with van der Waals surface area (Å²) in [6, 6.07) is 10.6. The molecule has 31 heavy (non-hydrogen) atoms. The number of fused-ring (bicyclic) bond motifs is 1. The molecule has 7 nitrogen and oxygen atoms in total. The van der Waals surface area contributed by atoms with Crippen LogP contribution < -0.4 is 25.2 Å². The van der Waals surface area contributed by atoms with Crippen LogP contribution in [-0.4, -0.2) is 58.2 Å². The van der Waals surface area contributed by atoms with Crippen molar-refractivity contribution in [1.29, 1.82) is 0 Å². The first-order chi connectivity index (χ1) is 15.0. The van der Waals surface area contributed by atoms with E-state index in [1.54, 1.807) is 36.2 Å². The molecule has 1 saturated heterocycles. The summed E-state index contributed by atoms with van der Waals surface area (Å²) in [5, 5.41) is 5.73. The molecule has 0 radical (unpaired) electrons. The third kappa shape index (κ3) is 4.34. The molecule has 0 saturated carbocycles. The van der Waals surface area contributed by atoms with E-state index < -0.39 is 0 Å². The van der Waals surface area contributed by atoms with E-state index in [1.165, 1.54) is 6.07 Å². The minimum absolute atomic E-state index is 0.0763. The molecule has 0 spiro atoms. The SMILES string of the molecule is CNC(=O)COc1ccc2c(c1)CCN(c1ccc(N3CCC(NC)C3)c(F)c1)C2=O. The molecule has 2 N–H and O–H groups in total. The number of likely N-dealkylation sites (N-methyl/N-ethyl adjacent to an activating group) is 2. The Labute approximate surface area is 181 Å². The standard InChI is InChI=1S/C23H27FN4O3/c1-25-16-8-9-27(13-16)21-6-3-17(12-20(21)24)28-10-7-15-11-18(31-14-22(29)26-2)4-5-19(15)23(28)30/h3-6,11-12,16,25H,7-10,13-14H2,1-2H3,(H,26,29). The molecule has 2 aliphatic rings. The van der Waals surface area contributed by atoms with Crippen LogP contribution in [0, 0.1) is 5.82 Å². The second kappa shape index (κ2) is 8.93. The second-order valence-electron chi connectivity index (χ2n) is 7.84. The topological polar surface area (TPSA) is 73.9 Å².